The molecule has 0 atom stereocenters. The van der Waals surface area contributed by atoms with E-state index in [1.54, 1.807) is 17.4 Å². The van der Waals surface area contributed by atoms with Crippen LogP contribution in [0.3, 0.4) is 0 Å². The van der Waals surface area contributed by atoms with E-state index < -0.39 is 12.8 Å². The van der Waals surface area contributed by atoms with Crippen LogP contribution in [0.1, 0.15) is 43.0 Å². The van der Waals surface area contributed by atoms with Gasteiger partial charge in [-0.05, 0) is 24.5 Å². The Labute approximate surface area is 166 Å². The van der Waals surface area contributed by atoms with Crippen LogP contribution in [0.5, 0.6) is 5.88 Å². The van der Waals surface area contributed by atoms with Gasteiger partial charge in [0.15, 0.2) is 12.6 Å². The van der Waals surface area contributed by atoms with E-state index in [0.29, 0.717) is 30.5 Å². The van der Waals surface area contributed by atoms with Crippen LogP contribution in [-0.2, 0) is 13.1 Å². The highest BCUT2D eigenvalue weighted by Gasteiger charge is 2.28. The second-order valence-electron chi connectivity index (χ2n) is 6.28. The minimum absolute atomic E-state index is 0.0769. The maximum absolute atomic E-state index is 12.3. The molecule has 154 valence electrons. The number of alkyl halides is 3. The van der Waals surface area contributed by atoms with Crippen LogP contribution >= 0.6 is 11.3 Å². The average Bonchev–Trinajstić information content (AvgIpc) is 3.11. The van der Waals surface area contributed by atoms with Crippen molar-refractivity contribution < 1.29 is 17.9 Å². The van der Waals surface area contributed by atoms with Crippen molar-refractivity contribution in [3.63, 3.8) is 0 Å². The van der Waals surface area contributed by atoms with Gasteiger partial charge in [-0.15, -0.1) is 11.3 Å². The SMILES string of the molecule is CCNC(=NCc1ccnc(OCC(F)(F)F)c1)NCc1nc(C(C)C)cs1. The standard InChI is InChI=1S/C18H24F3N5OS/c1-4-22-17(25-9-16-26-14(10-28-16)12(2)3)24-8-13-5-6-23-15(7-13)27-11-18(19,20)21/h5-7,10,12H,4,8-9,11H2,1-3H3,(H2,22,24,25). The third-order valence-corrected chi connectivity index (χ3v) is 4.38. The van der Waals surface area contributed by atoms with Crippen molar-refractivity contribution in [2.75, 3.05) is 13.2 Å². The van der Waals surface area contributed by atoms with Crippen molar-refractivity contribution in [1.82, 2.24) is 20.6 Å². The highest BCUT2D eigenvalue weighted by molar-refractivity contribution is 7.09. The topological polar surface area (TPSA) is 71.4 Å². The first kappa shape index (κ1) is 21.9. The fourth-order valence-electron chi connectivity index (χ4n) is 2.13. The highest BCUT2D eigenvalue weighted by Crippen LogP contribution is 2.18. The zero-order valence-corrected chi connectivity index (χ0v) is 16.8. The number of halogens is 3. The molecule has 0 aromatic carbocycles. The largest absolute Gasteiger partial charge is 0.468 e. The third kappa shape index (κ3) is 7.71. The molecule has 6 nitrogen and oxygen atoms in total. The Bertz CT molecular complexity index is 777. The monoisotopic (exact) mass is 415 g/mol. The molecule has 2 heterocycles. The maximum Gasteiger partial charge on any atom is 0.422 e. The summed E-state index contributed by atoms with van der Waals surface area (Å²) in [5.41, 5.74) is 1.76. The van der Waals surface area contributed by atoms with Crippen molar-refractivity contribution in [2.24, 2.45) is 4.99 Å². The Balaban J connectivity index is 1.95. The molecule has 2 aromatic rings. The predicted molar refractivity (Wildman–Crippen MR) is 104 cm³/mol. The molecule has 0 fully saturated rings. The van der Waals surface area contributed by atoms with Crippen molar-refractivity contribution in [1.29, 1.82) is 0 Å². The number of hydrogen-bond donors (Lipinski definition) is 2. The summed E-state index contributed by atoms with van der Waals surface area (Å²) in [6.07, 6.45) is -3.00. The van der Waals surface area contributed by atoms with E-state index in [0.717, 1.165) is 10.7 Å². The molecule has 0 saturated heterocycles. The molecule has 2 aromatic heterocycles. The van der Waals surface area contributed by atoms with E-state index in [9.17, 15) is 13.2 Å². The zero-order valence-electron chi connectivity index (χ0n) is 16.0. The summed E-state index contributed by atoms with van der Waals surface area (Å²) in [4.78, 5) is 12.8. The number of guanidine groups is 1. The quantitative estimate of drug-likeness (QED) is 0.506. The van der Waals surface area contributed by atoms with Crippen LogP contribution in [0, 0.1) is 0 Å². The molecule has 0 saturated carbocycles. The lowest BCUT2D eigenvalue weighted by Gasteiger charge is -2.11. The summed E-state index contributed by atoms with van der Waals surface area (Å²) < 4.78 is 41.4. The van der Waals surface area contributed by atoms with Gasteiger partial charge in [0, 0.05) is 24.2 Å². The van der Waals surface area contributed by atoms with Crippen LogP contribution in [0.25, 0.3) is 0 Å². The smallest absolute Gasteiger partial charge is 0.422 e. The van der Waals surface area contributed by atoms with Gasteiger partial charge in [-0.3, -0.25) is 0 Å². The van der Waals surface area contributed by atoms with Gasteiger partial charge in [0.05, 0.1) is 18.8 Å². The molecule has 10 heteroatoms. The lowest BCUT2D eigenvalue weighted by molar-refractivity contribution is -0.154. The molecule has 0 aliphatic carbocycles. The van der Waals surface area contributed by atoms with Crippen molar-refractivity contribution in [3.05, 3.63) is 40.0 Å². The lowest BCUT2D eigenvalue weighted by atomic mass is 10.2. The van der Waals surface area contributed by atoms with Crippen LogP contribution in [0.4, 0.5) is 13.2 Å². The third-order valence-electron chi connectivity index (χ3n) is 3.52. The Morgan fingerprint density at radius 3 is 2.75 bits per heavy atom. The first-order valence-corrected chi connectivity index (χ1v) is 9.75. The Morgan fingerprint density at radius 2 is 2.11 bits per heavy atom. The predicted octanol–water partition coefficient (Wildman–Crippen LogP) is 3.86. The van der Waals surface area contributed by atoms with Crippen LogP contribution in [-0.4, -0.2) is 35.3 Å². The maximum atomic E-state index is 12.3. The summed E-state index contributed by atoms with van der Waals surface area (Å²) in [5.74, 6) is 0.901. The number of aromatic nitrogens is 2. The Hall–Kier alpha value is -2.36. The first-order chi connectivity index (χ1) is 13.3. The highest BCUT2D eigenvalue weighted by atomic mass is 32.1. The van der Waals surface area contributed by atoms with E-state index in [4.69, 9.17) is 0 Å². The van der Waals surface area contributed by atoms with E-state index >= 15 is 0 Å². The number of nitrogens with one attached hydrogen (secondary N) is 2. The number of rotatable bonds is 8. The molecular formula is C18H24F3N5OS. The van der Waals surface area contributed by atoms with E-state index in [2.05, 4.69) is 44.2 Å². The Morgan fingerprint density at radius 1 is 1.32 bits per heavy atom. The minimum Gasteiger partial charge on any atom is -0.468 e. The van der Waals surface area contributed by atoms with Gasteiger partial charge in [0.2, 0.25) is 5.88 Å². The summed E-state index contributed by atoms with van der Waals surface area (Å²) in [6.45, 7) is 6.26. The van der Waals surface area contributed by atoms with Crippen LogP contribution < -0.4 is 15.4 Å². The molecule has 0 aliphatic heterocycles. The Kier molecular flexibility index (Phi) is 8.04. The molecule has 2 N–H and O–H groups in total. The van der Waals surface area contributed by atoms with E-state index in [1.165, 1.54) is 12.3 Å². The summed E-state index contributed by atoms with van der Waals surface area (Å²) in [6, 6.07) is 3.14. The zero-order chi connectivity index (χ0) is 20.6. The van der Waals surface area contributed by atoms with Crippen LogP contribution in [0.15, 0.2) is 28.7 Å². The van der Waals surface area contributed by atoms with Crippen molar-refractivity contribution >= 4 is 17.3 Å². The number of thiazole rings is 1. The number of aliphatic imine (C=N–C) groups is 1. The lowest BCUT2D eigenvalue weighted by Crippen LogP contribution is -2.36. The summed E-state index contributed by atoms with van der Waals surface area (Å²) in [7, 11) is 0. The number of pyridine rings is 1. The first-order valence-electron chi connectivity index (χ1n) is 8.87. The second kappa shape index (κ2) is 10.3. The van der Waals surface area contributed by atoms with Gasteiger partial charge in [0.1, 0.15) is 5.01 Å². The summed E-state index contributed by atoms with van der Waals surface area (Å²) >= 11 is 1.59. The normalized spacial score (nSPS) is 12.3. The van der Waals surface area contributed by atoms with Gasteiger partial charge in [-0.2, -0.15) is 13.2 Å². The van der Waals surface area contributed by atoms with Gasteiger partial charge < -0.3 is 15.4 Å². The summed E-state index contributed by atoms with van der Waals surface area (Å²) in [5, 5.41) is 9.35. The average molecular weight is 415 g/mol. The molecule has 0 aliphatic rings. The van der Waals surface area contributed by atoms with Gasteiger partial charge in [-0.1, -0.05) is 13.8 Å². The number of nitrogens with zero attached hydrogens (tertiary/aromatic N) is 3. The van der Waals surface area contributed by atoms with E-state index in [-0.39, 0.29) is 12.4 Å². The van der Waals surface area contributed by atoms with Gasteiger partial charge in [-0.25, -0.2) is 15.0 Å². The van der Waals surface area contributed by atoms with Crippen molar-refractivity contribution in [3.8, 4) is 5.88 Å². The molecular weight excluding hydrogens is 391 g/mol. The number of hydrogen-bond acceptors (Lipinski definition) is 5. The van der Waals surface area contributed by atoms with Crippen LogP contribution in [0.2, 0.25) is 0 Å². The fraction of sp³-hybridized carbons (Fsp3) is 0.500. The minimum atomic E-state index is -4.40. The fourth-order valence-corrected chi connectivity index (χ4v) is 3.02. The molecule has 0 unspecified atom stereocenters. The second-order valence-corrected chi connectivity index (χ2v) is 7.22. The van der Waals surface area contributed by atoms with Gasteiger partial charge >= 0.3 is 6.18 Å². The molecule has 0 radical (unpaired) electrons. The molecule has 2 rings (SSSR count). The molecule has 28 heavy (non-hydrogen) atoms. The van der Waals surface area contributed by atoms with E-state index in [1.807, 2.05) is 12.3 Å². The van der Waals surface area contributed by atoms with Gasteiger partial charge in [0.25, 0.3) is 0 Å². The number of ether oxygens (including phenoxy) is 1. The molecule has 0 amide bonds. The van der Waals surface area contributed by atoms with Crippen molar-refractivity contribution in [2.45, 2.75) is 46.0 Å². The molecule has 0 spiro atoms. The molecule has 0 bridgehead atoms.